The molecule has 1 atom stereocenters. The molecule has 1 unspecified atom stereocenters. The summed E-state index contributed by atoms with van der Waals surface area (Å²) in [5.74, 6) is 0.687. The van der Waals surface area contributed by atoms with E-state index in [4.69, 9.17) is 0 Å². The lowest BCUT2D eigenvalue weighted by molar-refractivity contribution is 0.748. The highest BCUT2D eigenvalue weighted by Gasteiger charge is 2.09. The van der Waals surface area contributed by atoms with Gasteiger partial charge in [0.1, 0.15) is 0 Å². The van der Waals surface area contributed by atoms with Gasteiger partial charge >= 0.3 is 0 Å². The number of aryl methyl sites for hydroxylation is 1. The molecule has 3 rings (SSSR count). The summed E-state index contributed by atoms with van der Waals surface area (Å²) < 4.78 is 2.86. The minimum Gasteiger partial charge on any atom is -0.141 e. The number of hydrogen-bond donors (Lipinski definition) is 0. The third-order valence-electron chi connectivity index (χ3n) is 3.40. The molecule has 0 fully saturated rings. The zero-order valence-electron chi connectivity index (χ0n) is 10.4. The Morgan fingerprint density at radius 2 is 1.65 bits per heavy atom. The van der Waals surface area contributed by atoms with E-state index in [1.54, 1.807) is 0 Å². The number of rotatable bonds is 2. The maximum atomic E-state index is 2.38. The van der Waals surface area contributed by atoms with Crippen LogP contribution in [0.1, 0.15) is 35.9 Å². The molecule has 2 heterocycles. The van der Waals surface area contributed by atoms with Crippen LogP contribution in [-0.4, -0.2) is 0 Å². The predicted octanol–water partition coefficient (Wildman–Crippen LogP) is 5.94. The number of benzene rings is 1. The van der Waals surface area contributed by atoms with Gasteiger partial charge in [-0.3, -0.25) is 0 Å². The molecule has 1 aromatic carbocycles. The first-order valence-electron chi connectivity index (χ1n) is 6.11. The molecular weight excluding hydrogens is 244 g/mol. The summed E-state index contributed by atoms with van der Waals surface area (Å²) in [5, 5.41) is 2.82. The van der Waals surface area contributed by atoms with E-state index in [2.05, 4.69) is 45.0 Å². The van der Waals surface area contributed by atoms with Crippen LogP contribution in [0.4, 0.5) is 0 Å². The second-order valence-corrected chi connectivity index (χ2v) is 7.15. The van der Waals surface area contributed by atoms with Gasteiger partial charge in [0.05, 0.1) is 0 Å². The Morgan fingerprint density at radius 1 is 1.00 bits per heavy atom. The average Bonchev–Trinajstić information content (AvgIpc) is 2.85. The zero-order chi connectivity index (χ0) is 12.0. The van der Waals surface area contributed by atoms with Crippen molar-refractivity contribution in [1.29, 1.82) is 0 Å². The van der Waals surface area contributed by atoms with Gasteiger partial charge in [-0.15, -0.1) is 22.7 Å². The molecule has 3 aromatic rings. The van der Waals surface area contributed by atoms with E-state index in [-0.39, 0.29) is 0 Å². The molecular formula is C15H16S2. The van der Waals surface area contributed by atoms with Crippen LogP contribution in [0.25, 0.3) is 20.2 Å². The Balaban J connectivity index is 2.22. The predicted molar refractivity (Wildman–Crippen MR) is 80.7 cm³/mol. The van der Waals surface area contributed by atoms with Crippen molar-refractivity contribution < 1.29 is 0 Å². The maximum absolute atomic E-state index is 2.38. The lowest BCUT2D eigenvalue weighted by atomic mass is 10.1. The topological polar surface area (TPSA) is 0 Å². The monoisotopic (exact) mass is 260 g/mol. The van der Waals surface area contributed by atoms with Crippen LogP contribution >= 0.6 is 22.7 Å². The van der Waals surface area contributed by atoms with Crippen LogP contribution in [0, 0.1) is 6.92 Å². The molecule has 2 heteroatoms. The molecule has 0 bridgehead atoms. The van der Waals surface area contributed by atoms with Gasteiger partial charge in [0.2, 0.25) is 0 Å². The molecule has 0 N–H and O–H groups in total. The second kappa shape index (κ2) is 4.11. The molecule has 2 aromatic heterocycles. The molecule has 0 nitrogen and oxygen atoms in total. The largest absolute Gasteiger partial charge is 0.141 e. The highest BCUT2D eigenvalue weighted by atomic mass is 32.1. The van der Waals surface area contributed by atoms with Crippen molar-refractivity contribution in [3.63, 3.8) is 0 Å². The van der Waals surface area contributed by atoms with E-state index in [9.17, 15) is 0 Å². The van der Waals surface area contributed by atoms with Crippen molar-refractivity contribution in [2.24, 2.45) is 0 Å². The van der Waals surface area contributed by atoms with Crippen molar-refractivity contribution in [2.75, 3.05) is 0 Å². The summed E-state index contributed by atoms with van der Waals surface area (Å²) in [6, 6.07) is 9.38. The Bertz CT molecular complexity index is 622. The Hall–Kier alpha value is -0.860. The van der Waals surface area contributed by atoms with E-state index < -0.39 is 0 Å². The average molecular weight is 260 g/mol. The fourth-order valence-corrected chi connectivity index (χ4v) is 4.35. The first kappa shape index (κ1) is 11.2. The number of hydrogen-bond acceptors (Lipinski definition) is 2. The van der Waals surface area contributed by atoms with Crippen LogP contribution in [0.5, 0.6) is 0 Å². The van der Waals surface area contributed by atoms with E-state index in [1.165, 1.54) is 36.3 Å². The summed E-state index contributed by atoms with van der Waals surface area (Å²) in [7, 11) is 0. The van der Waals surface area contributed by atoms with Gasteiger partial charge in [-0.05, 0) is 54.3 Å². The van der Waals surface area contributed by atoms with Crippen molar-refractivity contribution in [3.05, 3.63) is 34.0 Å². The SMILES string of the molecule is CCC(C)c1cc2cc3sc(C)cc3cc2s1. The Morgan fingerprint density at radius 3 is 2.35 bits per heavy atom. The highest BCUT2D eigenvalue weighted by Crippen LogP contribution is 2.36. The maximum Gasteiger partial charge on any atom is 0.0352 e. The third kappa shape index (κ3) is 1.90. The molecule has 0 radical (unpaired) electrons. The number of fused-ring (bicyclic) bond motifs is 2. The molecule has 17 heavy (non-hydrogen) atoms. The van der Waals surface area contributed by atoms with Crippen LogP contribution in [-0.2, 0) is 0 Å². The quantitative estimate of drug-likeness (QED) is 0.535. The van der Waals surface area contributed by atoms with Gasteiger partial charge in [-0.2, -0.15) is 0 Å². The van der Waals surface area contributed by atoms with Gasteiger partial charge in [-0.1, -0.05) is 13.8 Å². The van der Waals surface area contributed by atoms with Gasteiger partial charge in [-0.25, -0.2) is 0 Å². The van der Waals surface area contributed by atoms with Crippen LogP contribution < -0.4 is 0 Å². The van der Waals surface area contributed by atoms with Crippen molar-refractivity contribution in [2.45, 2.75) is 33.1 Å². The van der Waals surface area contributed by atoms with Crippen LogP contribution in [0.15, 0.2) is 24.3 Å². The van der Waals surface area contributed by atoms with Crippen molar-refractivity contribution >= 4 is 42.8 Å². The normalized spacial score (nSPS) is 13.6. The minimum atomic E-state index is 0.687. The molecule has 0 aliphatic carbocycles. The summed E-state index contributed by atoms with van der Waals surface area (Å²) in [4.78, 5) is 2.93. The minimum absolute atomic E-state index is 0.687. The summed E-state index contributed by atoms with van der Waals surface area (Å²) >= 11 is 3.85. The highest BCUT2D eigenvalue weighted by molar-refractivity contribution is 7.20. The molecule has 88 valence electrons. The first-order valence-corrected chi connectivity index (χ1v) is 7.74. The van der Waals surface area contributed by atoms with Crippen LogP contribution in [0.3, 0.4) is 0 Å². The third-order valence-corrected chi connectivity index (χ3v) is 5.74. The molecule has 0 saturated heterocycles. The molecule has 0 aliphatic heterocycles. The molecule has 0 spiro atoms. The molecule has 0 saturated carbocycles. The summed E-state index contributed by atoms with van der Waals surface area (Å²) in [6.45, 7) is 6.76. The summed E-state index contributed by atoms with van der Waals surface area (Å²) in [6.07, 6.45) is 1.22. The lowest BCUT2D eigenvalue weighted by Gasteiger charge is -2.02. The van der Waals surface area contributed by atoms with Gasteiger partial charge in [0, 0.05) is 19.2 Å². The fraction of sp³-hybridized carbons (Fsp3) is 0.333. The Kier molecular flexibility index (Phi) is 2.72. The number of thiophene rings is 2. The van der Waals surface area contributed by atoms with Gasteiger partial charge < -0.3 is 0 Å². The van der Waals surface area contributed by atoms with Crippen LogP contribution in [0.2, 0.25) is 0 Å². The fourth-order valence-electron chi connectivity index (χ4n) is 2.17. The first-order chi connectivity index (χ1) is 8.17. The molecule has 0 aliphatic rings. The van der Waals surface area contributed by atoms with E-state index in [1.807, 2.05) is 22.7 Å². The van der Waals surface area contributed by atoms with Crippen molar-refractivity contribution in [3.8, 4) is 0 Å². The molecule has 0 amide bonds. The smallest absolute Gasteiger partial charge is 0.0352 e. The summed E-state index contributed by atoms with van der Waals surface area (Å²) in [5.41, 5.74) is 0. The van der Waals surface area contributed by atoms with Gasteiger partial charge in [0.15, 0.2) is 0 Å². The second-order valence-electron chi connectivity index (χ2n) is 4.74. The lowest BCUT2D eigenvalue weighted by Crippen LogP contribution is -1.84. The van der Waals surface area contributed by atoms with E-state index >= 15 is 0 Å². The van der Waals surface area contributed by atoms with E-state index in [0.29, 0.717) is 5.92 Å². The van der Waals surface area contributed by atoms with Gasteiger partial charge in [0.25, 0.3) is 0 Å². The van der Waals surface area contributed by atoms with Crippen molar-refractivity contribution in [1.82, 2.24) is 0 Å². The zero-order valence-corrected chi connectivity index (χ0v) is 12.0. The van der Waals surface area contributed by atoms with E-state index in [0.717, 1.165) is 0 Å². The standard InChI is InChI=1S/C15H16S2/c1-4-9(2)13-6-12-8-14-11(5-10(3)16-14)7-15(12)17-13/h5-9H,4H2,1-3H3. The Labute approximate surface area is 110 Å².